The van der Waals surface area contributed by atoms with Crippen molar-refractivity contribution in [2.45, 2.75) is 13.5 Å². The molecule has 0 spiro atoms. The molecule has 2 aromatic carbocycles. The average molecular weight is 498 g/mol. The Morgan fingerprint density at radius 2 is 1.89 bits per heavy atom. The first-order valence-electron chi connectivity index (χ1n) is 8.70. The van der Waals surface area contributed by atoms with Crippen LogP contribution in [0.15, 0.2) is 73.5 Å². The van der Waals surface area contributed by atoms with Gasteiger partial charge in [-0.1, -0.05) is 50.1 Å². The Labute approximate surface area is 178 Å². The van der Waals surface area contributed by atoms with E-state index in [0.717, 1.165) is 48.6 Å². The maximum atomic E-state index is 5.60. The number of aromatic nitrogens is 3. The molecule has 5 rings (SSSR count). The van der Waals surface area contributed by atoms with Gasteiger partial charge in [-0.25, -0.2) is 9.97 Å². The quantitative estimate of drug-likeness (QED) is 0.356. The summed E-state index contributed by atoms with van der Waals surface area (Å²) in [4.78, 5) is 13.8. The minimum absolute atomic E-state index is 0.485. The van der Waals surface area contributed by atoms with Crippen LogP contribution in [0.2, 0.25) is 0 Å². The molecule has 0 N–H and O–H groups in total. The molecule has 0 bridgehead atoms. The van der Waals surface area contributed by atoms with Crippen LogP contribution in [0.25, 0.3) is 17.1 Å². The summed E-state index contributed by atoms with van der Waals surface area (Å²) in [6.07, 6.45) is 3.28. The van der Waals surface area contributed by atoms with Crippen LogP contribution in [-0.4, -0.2) is 20.2 Å². The van der Waals surface area contributed by atoms with Crippen LogP contribution in [-0.2, 0) is 6.54 Å². The van der Waals surface area contributed by atoms with E-state index >= 15 is 0 Å². The molecule has 0 saturated carbocycles. The molecule has 28 heavy (non-hydrogen) atoms. The Bertz CT molecular complexity index is 1240. The molecule has 0 amide bonds. The highest BCUT2D eigenvalue weighted by Gasteiger charge is 2.25. The summed E-state index contributed by atoms with van der Waals surface area (Å²) in [5.74, 6) is 0.687. The van der Waals surface area contributed by atoms with Crippen LogP contribution in [0, 0.1) is 6.92 Å². The summed E-state index contributed by atoms with van der Waals surface area (Å²) in [6, 6.07) is 14.4. The lowest BCUT2D eigenvalue weighted by Crippen LogP contribution is -2.07. The molecule has 5 nitrogen and oxygen atoms in total. The van der Waals surface area contributed by atoms with Gasteiger partial charge in [-0.15, -0.1) is 0 Å². The Morgan fingerprint density at radius 1 is 1.04 bits per heavy atom. The van der Waals surface area contributed by atoms with E-state index in [2.05, 4.69) is 64.6 Å². The van der Waals surface area contributed by atoms with E-state index in [1.807, 2.05) is 37.5 Å². The van der Waals surface area contributed by atoms with E-state index in [4.69, 9.17) is 9.41 Å². The van der Waals surface area contributed by atoms with Gasteiger partial charge in [0, 0.05) is 20.1 Å². The highest BCUT2D eigenvalue weighted by atomic mass is 79.9. The van der Waals surface area contributed by atoms with Crippen LogP contribution in [0.5, 0.6) is 0 Å². The Hall–Kier alpha value is -2.51. The lowest BCUT2D eigenvalue weighted by atomic mass is 10.0. The number of oxazole rings is 1. The molecule has 0 aliphatic carbocycles. The second-order valence-electron chi connectivity index (χ2n) is 6.48. The predicted molar refractivity (Wildman–Crippen MR) is 115 cm³/mol. The zero-order valence-corrected chi connectivity index (χ0v) is 18.0. The number of hydrogen-bond donors (Lipinski definition) is 0. The summed E-state index contributed by atoms with van der Waals surface area (Å²) < 4.78 is 9.70. The van der Waals surface area contributed by atoms with Gasteiger partial charge in [0.25, 0.3) is 0 Å². The molecule has 2 aromatic heterocycles. The van der Waals surface area contributed by atoms with E-state index in [1.165, 1.54) is 6.39 Å². The van der Waals surface area contributed by atoms with Crippen molar-refractivity contribution in [1.82, 2.24) is 14.5 Å². The number of fused-ring (bicyclic) bond motifs is 3. The third-order valence-corrected chi connectivity index (χ3v) is 6.00. The molecular formula is C21H14Br2N4O. The average Bonchev–Trinajstić information content (AvgIpc) is 3.25. The van der Waals surface area contributed by atoms with Crippen molar-refractivity contribution in [2.75, 3.05) is 0 Å². The molecule has 3 heterocycles. The first kappa shape index (κ1) is 17.6. The zero-order chi connectivity index (χ0) is 19.3. The number of hydrogen-bond acceptors (Lipinski definition) is 4. The maximum absolute atomic E-state index is 5.60. The minimum atomic E-state index is 0.485. The van der Waals surface area contributed by atoms with Crippen molar-refractivity contribution >= 4 is 37.6 Å². The number of benzene rings is 2. The van der Waals surface area contributed by atoms with Crippen LogP contribution in [0.4, 0.5) is 0 Å². The van der Waals surface area contributed by atoms with Gasteiger partial charge in [0.15, 0.2) is 12.2 Å². The Morgan fingerprint density at radius 3 is 2.68 bits per heavy atom. The highest BCUT2D eigenvalue weighted by molar-refractivity contribution is 9.10. The zero-order valence-electron chi connectivity index (χ0n) is 14.9. The van der Waals surface area contributed by atoms with Gasteiger partial charge >= 0.3 is 0 Å². The molecule has 0 radical (unpaired) electrons. The Balaban J connectivity index is 1.77. The van der Waals surface area contributed by atoms with Crippen molar-refractivity contribution in [2.24, 2.45) is 4.99 Å². The molecule has 1 aliphatic heterocycles. The van der Waals surface area contributed by atoms with Crippen molar-refractivity contribution in [3.63, 3.8) is 0 Å². The van der Waals surface area contributed by atoms with Gasteiger partial charge in [0.2, 0.25) is 0 Å². The maximum Gasteiger partial charge on any atom is 0.181 e. The van der Waals surface area contributed by atoms with Gasteiger partial charge in [0.05, 0.1) is 29.3 Å². The van der Waals surface area contributed by atoms with E-state index in [-0.39, 0.29) is 0 Å². The number of imidazole rings is 1. The first-order valence-corrected chi connectivity index (χ1v) is 10.3. The lowest BCUT2D eigenvalue weighted by molar-refractivity contribution is 0.568. The minimum Gasteiger partial charge on any atom is -0.441 e. The smallest absolute Gasteiger partial charge is 0.181 e. The van der Waals surface area contributed by atoms with Gasteiger partial charge in [-0.2, -0.15) is 0 Å². The summed E-state index contributed by atoms with van der Waals surface area (Å²) in [5, 5.41) is 0. The van der Waals surface area contributed by atoms with E-state index in [0.29, 0.717) is 12.3 Å². The van der Waals surface area contributed by atoms with Gasteiger partial charge in [-0.05, 0) is 31.2 Å². The largest absolute Gasteiger partial charge is 0.441 e. The van der Waals surface area contributed by atoms with Crippen LogP contribution in [0.3, 0.4) is 0 Å². The molecule has 1 aliphatic rings. The van der Waals surface area contributed by atoms with Crippen molar-refractivity contribution < 1.29 is 4.42 Å². The molecule has 0 atom stereocenters. The van der Waals surface area contributed by atoms with Gasteiger partial charge in [0.1, 0.15) is 12.0 Å². The molecule has 4 aromatic rings. The van der Waals surface area contributed by atoms with Crippen LogP contribution in [0.1, 0.15) is 22.5 Å². The molecule has 7 heteroatoms. The van der Waals surface area contributed by atoms with E-state index in [1.54, 1.807) is 0 Å². The fourth-order valence-electron chi connectivity index (χ4n) is 3.48. The highest BCUT2D eigenvalue weighted by Crippen LogP contribution is 2.34. The summed E-state index contributed by atoms with van der Waals surface area (Å²) in [7, 11) is 0. The standard InChI is InChI=1S/C21H14Br2N4O/c1-12-21(28-11-26-12)20-18-9-24-19(14-4-2-3-5-16(14)23)15-8-13(22)6-7-17(15)27(18)10-25-20/h2-8,10-11H,9H2,1H3. The van der Waals surface area contributed by atoms with Crippen molar-refractivity contribution in [3.8, 4) is 17.1 Å². The van der Waals surface area contributed by atoms with Gasteiger partial charge in [-0.3, -0.25) is 9.56 Å². The van der Waals surface area contributed by atoms with E-state index in [9.17, 15) is 0 Å². The predicted octanol–water partition coefficient (Wildman–Crippen LogP) is 5.71. The number of rotatable bonds is 2. The fourth-order valence-corrected chi connectivity index (χ4v) is 4.32. The third kappa shape index (κ3) is 2.77. The molecular weight excluding hydrogens is 484 g/mol. The number of halogens is 2. The van der Waals surface area contributed by atoms with E-state index < -0.39 is 0 Å². The molecule has 0 unspecified atom stereocenters. The molecule has 138 valence electrons. The second kappa shape index (κ2) is 6.83. The number of aryl methyl sites for hydroxylation is 1. The topological polar surface area (TPSA) is 56.2 Å². The SMILES string of the molecule is Cc1ncoc1-c1ncn2c1CN=C(c1ccccc1Br)c1cc(Br)ccc1-2. The molecule has 0 saturated heterocycles. The summed E-state index contributed by atoms with van der Waals surface area (Å²) in [6.45, 7) is 2.40. The number of aliphatic imine (C=N–C) groups is 1. The summed E-state index contributed by atoms with van der Waals surface area (Å²) in [5.41, 5.74) is 6.63. The van der Waals surface area contributed by atoms with Gasteiger partial charge < -0.3 is 4.42 Å². The van der Waals surface area contributed by atoms with Crippen LogP contribution >= 0.6 is 31.9 Å². The Kier molecular flexibility index (Phi) is 4.29. The second-order valence-corrected chi connectivity index (χ2v) is 8.25. The third-order valence-electron chi connectivity index (χ3n) is 4.82. The fraction of sp³-hybridized carbons (Fsp3) is 0.0952. The number of nitrogens with zero attached hydrogens (tertiary/aromatic N) is 4. The summed E-state index contributed by atoms with van der Waals surface area (Å²) >= 11 is 7.28. The first-order chi connectivity index (χ1) is 13.6. The lowest BCUT2D eigenvalue weighted by Gasteiger charge is -2.13. The van der Waals surface area contributed by atoms with Crippen molar-refractivity contribution in [3.05, 3.63) is 86.6 Å². The van der Waals surface area contributed by atoms with Crippen LogP contribution < -0.4 is 0 Å². The molecule has 0 fully saturated rings. The monoisotopic (exact) mass is 496 g/mol. The van der Waals surface area contributed by atoms with Crippen molar-refractivity contribution in [1.29, 1.82) is 0 Å². The normalized spacial score (nSPS) is 12.9.